The molecule has 0 aliphatic carbocycles. The number of anilines is 1. The molecule has 1 amide bonds. The lowest BCUT2D eigenvalue weighted by atomic mass is 10.1. The summed E-state index contributed by atoms with van der Waals surface area (Å²) in [6.07, 6.45) is -1.02. The van der Waals surface area contributed by atoms with Crippen LogP contribution in [-0.4, -0.2) is 36.2 Å². The van der Waals surface area contributed by atoms with Gasteiger partial charge in [-0.2, -0.15) is 0 Å². The highest BCUT2D eigenvalue weighted by Gasteiger charge is 2.24. The van der Waals surface area contributed by atoms with Crippen LogP contribution in [0.2, 0.25) is 0 Å². The molecule has 2 aromatic rings. The Morgan fingerprint density at radius 1 is 1.19 bits per heavy atom. The van der Waals surface area contributed by atoms with Crippen LogP contribution in [0.15, 0.2) is 30.3 Å². The number of hydrogen-bond acceptors (Lipinski definition) is 7. The molecule has 0 spiro atoms. The van der Waals surface area contributed by atoms with Crippen LogP contribution in [0, 0.1) is 0 Å². The number of ketones is 2. The van der Waals surface area contributed by atoms with Gasteiger partial charge in [-0.3, -0.25) is 14.4 Å². The number of esters is 1. The second-order valence-electron chi connectivity index (χ2n) is 5.68. The van der Waals surface area contributed by atoms with E-state index in [1.165, 1.54) is 26.0 Å². The highest BCUT2D eigenvalue weighted by molar-refractivity contribution is 7.15. The second kappa shape index (κ2) is 7.09. The summed E-state index contributed by atoms with van der Waals surface area (Å²) in [5.74, 6) is -1.06. The van der Waals surface area contributed by atoms with Crippen molar-refractivity contribution in [3.8, 4) is 5.75 Å². The summed E-state index contributed by atoms with van der Waals surface area (Å²) in [5.41, 5.74) is 0.681. The third-order valence-electron chi connectivity index (χ3n) is 3.70. The number of ether oxygens (including phenoxy) is 2. The third-order valence-corrected chi connectivity index (χ3v) is 4.87. The number of carbonyl (C=O) groups is 4. The summed E-state index contributed by atoms with van der Waals surface area (Å²) in [6, 6.07) is 7.64. The molecule has 0 saturated carbocycles. The lowest BCUT2D eigenvalue weighted by Crippen LogP contribution is -2.27. The molecule has 134 valence electrons. The van der Waals surface area contributed by atoms with Gasteiger partial charge in [0.25, 0.3) is 5.91 Å². The van der Waals surface area contributed by atoms with Crippen molar-refractivity contribution in [2.24, 2.45) is 0 Å². The standard InChI is InChI=1S/C18H15NO6S/c1-9(20)14-5-6-15(26-14)18(23)25-10(2)17(22)11-3-4-13-12(7-11)19-16(21)8-24-13/h3-7,10H,8H2,1-2H3,(H,19,21)/t10-/m1/s1. The zero-order valence-electron chi connectivity index (χ0n) is 14.0. The molecule has 0 bridgehead atoms. The fraction of sp³-hybridized carbons (Fsp3) is 0.222. The van der Waals surface area contributed by atoms with Gasteiger partial charge in [-0.25, -0.2) is 4.79 Å². The summed E-state index contributed by atoms with van der Waals surface area (Å²) >= 11 is 1.02. The summed E-state index contributed by atoms with van der Waals surface area (Å²) in [6.45, 7) is 2.80. The zero-order chi connectivity index (χ0) is 18.8. The molecule has 1 aliphatic heterocycles. The molecule has 0 radical (unpaired) electrons. The number of thiophene rings is 1. The van der Waals surface area contributed by atoms with Crippen molar-refractivity contribution >= 4 is 40.5 Å². The van der Waals surface area contributed by atoms with E-state index in [2.05, 4.69) is 5.32 Å². The third kappa shape index (κ3) is 3.65. The van der Waals surface area contributed by atoms with Crippen LogP contribution in [0.4, 0.5) is 5.69 Å². The predicted molar refractivity (Wildman–Crippen MR) is 94.1 cm³/mol. The van der Waals surface area contributed by atoms with Gasteiger partial charge in [-0.15, -0.1) is 11.3 Å². The summed E-state index contributed by atoms with van der Waals surface area (Å²) < 4.78 is 10.4. The van der Waals surface area contributed by atoms with E-state index in [0.29, 0.717) is 16.3 Å². The Kier molecular flexibility index (Phi) is 4.85. The number of Topliss-reactive ketones (excluding diaryl/α,β-unsaturated/α-hetero) is 2. The van der Waals surface area contributed by atoms with Crippen LogP contribution in [0.3, 0.4) is 0 Å². The molecule has 2 heterocycles. The molecule has 0 saturated heterocycles. The van der Waals surface area contributed by atoms with Crippen molar-refractivity contribution in [3.63, 3.8) is 0 Å². The van der Waals surface area contributed by atoms with Gasteiger partial charge in [0.1, 0.15) is 10.6 Å². The van der Waals surface area contributed by atoms with Gasteiger partial charge in [0, 0.05) is 5.56 Å². The van der Waals surface area contributed by atoms with Gasteiger partial charge in [0.15, 0.2) is 18.5 Å². The van der Waals surface area contributed by atoms with Crippen LogP contribution in [0.5, 0.6) is 5.75 Å². The van der Waals surface area contributed by atoms with Gasteiger partial charge in [-0.1, -0.05) is 0 Å². The molecule has 1 N–H and O–H groups in total. The van der Waals surface area contributed by atoms with E-state index in [0.717, 1.165) is 11.3 Å². The van der Waals surface area contributed by atoms with Crippen molar-refractivity contribution in [1.29, 1.82) is 0 Å². The van der Waals surface area contributed by atoms with Crippen molar-refractivity contribution in [1.82, 2.24) is 0 Å². The SMILES string of the molecule is CC(=O)c1ccc(C(=O)O[C@H](C)C(=O)c2ccc3c(c2)NC(=O)CO3)s1. The van der Waals surface area contributed by atoms with Crippen LogP contribution < -0.4 is 10.1 Å². The molecule has 3 rings (SSSR count). The van der Waals surface area contributed by atoms with Crippen LogP contribution >= 0.6 is 11.3 Å². The Bertz CT molecular complexity index is 916. The normalized spacial score (nSPS) is 13.8. The average Bonchev–Trinajstić information content (AvgIpc) is 3.11. The Hall–Kier alpha value is -3.00. The molecule has 0 fully saturated rings. The van der Waals surface area contributed by atoms with Crippen LogP contribution in [0.25, 0.3) is 0 Å². The Morgan fingerprint density at radius 3 is 2.62 bits per heavy atom. The quantitative estimate of drug-likeness (QED) is 0.639. The van der Waals surface area contributed by atoms with Crippen LogP contribution in [-0.2, 0) is 9.53 Å². The van der Waals surface area contributed by atoms with Gasteiger partial charge < -0.3 is 14.8 Å². The average molecular weight is 373 g/mol. The zero-order valence-corrected chi connectivity index (χ0v) is 14.8. The van der Waals surface area contributed by atoms with Gasteiger partial charge in [0.05, 0.1) is 10.6 Å². The molecule has 1 aromatic carbocycles. The summed E-state index contributed by atoms with van der Waals surface area (Å²) in [4.78, 5) is 48.0. The number of benzene rings is 1. The Morgan fingerprint density at radius 2 is 1.92 bits per heavy atom. The molecule has 1 aliphatic rings. The monoisotopic (exact) mass is 373 g/mol. The first kappa shape index (κ1) is 17.8. The molecule has 1 aromatic heterocycles. The van der Waals surface area contributed by atoms with Gasteiger partial charge >= 0.3 is 5.97 Å². The number of amides is 1. The Labute approximate surface area is 152 Å². The van der Waals surface area contributed by atoms with Crippen molar-refractivity contribution in [2.75, 3.05) is 11.9 Å². The first-order valence-corrected chi connectivity index (χ1v) is 8.59. The fourth-order valence-corrected chi connectivity index (χ4v) is 3.16. The molecule has 0 unspecified atom stereocenters. The van der Waals surface area contributed by atoms with E-state index in [1.54, 1.807) is 18.2 Å². The highest BCUT2D eigenvalue weighted by atomic mass is 32.1. The van der Waals surface area contributed by atoms with Crippen molar-refractivity contribution in [2.45, 2.75) is 20.0 Å². The topological polar surface area (TPSA) is 98.8 Å². The number of fused-ring (bicyclic) bond motifs is 1. The van der Waals surface area contributed by atoms with E-state index in [9.17, 15) is 19.2 Å². The summed E-state index contributed by atoms with van der Waals surface area (Å²) in [5, 5.41) is 2.62. The lowest BCUT2D eigenvalue weighted by molar-refractivity contribution is -0.118. The maximum Gasteiger partial charge on any atom is 0.349 e. The summed E-state index contributed by atoms with van der Waals surface area (Å²) in [7, 11) is 0. The number of rotatable bonds is 5. The number of hydrogen-bond donors (Lipinski definition) is 1. The maximum absolute atomic E-state index is 12.5. The van der Waals surface area contributed by atoms with E-state index >= 15 is 0 Å². The molecule has 26 heavy (non-hydrogen) atoms. The van der Waals surface area contributed by atoms with Gasteiger partial charge in [-0.05, 0) is 44.2 Å². The van der Waals surface area contributed by atoms with Crippen molar-refractivity contribution < 1.29 is 28.7 Å². The van der Waals surface area contributed by atoms with E-state index < -0.39 is 17.9 Å². The maximum atomic E-state index is 12.5. The van der Waals surface area contributed by atoms with E-state index in [-0.39, 0.29) is 28.7 Å². The first-order chi connectivity index (χ1) is 12.3. The lowest BCUT2D eigenvalue weighted by Gasteiger charge is -2.19. The predicted octanol–water partition coefficient (Wildman–Crippen LogP) is 2.71. The minimum atomic E-state index is -1.02. The fourth-order valence-electron chi connectivity index (χ4n) is 2.38. The largest absolute Gasteiger partial charge is 0.482 e. The minimum absolute atomic E-state index is 0.0721. The first-order valence-electron chi connectivity index (χ1n) is 7.78. The Balaban J connectivity index is 1.71. The number of nitrogens with one attached hydrogen (secondary N) is 1. The second-order valence-corrected chi connectivity index (χ2v) is 6.76. The molecule has 1 atom stereocenters. The van der Waals surface area contributed by atoms with E-state index in [4.69, 9.17) is 9.47 Å². The molecule has 7 nitrogen and oxygen atoms in total. The highest BCUT2D eigenvalue weighted by Crippen LogP contribution is 2.29. The van der Waals surface area contributed by atoms with Crippen LogP contribution in [0.1, 0.15) is 43.5 Å². The number of carbonyl (C=O) groups excluding carboxylic acids is 4. The molecular weight excluding hydrogens is 358 g/mol. The minimum Gasteiger partial charge on any atom is -0.482 e. The molecular formula is C18H15NO6S. The smallest absolute Gasteiger partial charge is 0.349 e. The van der Waals surface area contributed by atoms with E-state index in [1.807, 2.05) is 0 Å². The molecule has 8 heteroatoms. The van der Waals surface area contributed by atoms with Crippen molar-refractivity contribution in [3.05, 3.63) is 45.6 Å². The van der Waals surface area contributed by atoms with Gasteiger partial charge in [0.2, 0.25) is 5.78 Å².